The van der Waals surface area contributed by atoms with Crippen LogP contribution in [0.1, 0.15) is 50.4 Å². The smallest absolute Gasteiger partial charge is 0.256 e. The fourth-order valence-corrected chi connectivity index (χ4v) is 3.26. The highest BCUT2D eigenvalue weighted by atomic mass is 35.5. The number of carbonyl (C=O) groups excluding carboxylic acids is 1. The van der Waals surface area contributed by atoms with Crippen LogP contribution in [0, 0.1) is 0 Å². The minimum Gasteiger partial charge on any atom is -0.330 e. The van der Waals surface area contributed by atoms with E-state index >= 15 is 0 Å². The number of benzene rings is 1. The Morgan fingerprint density at radius 2 is 2.08 bits per heavy atom. The molecule has 2 heterocycles. The average Bonchev–Trinajstić information content (AvgIpc) is 2.93. The molecule has 6 heteroatoms. The summed E-state index contributed by atoms with van der Waals surface area (Å²) in [5.41, 5.74) is 1.96. The summed E-state index contributed by atoms with van der Waals surface area (Å²) >= 11 is 5.92. The van der Waals surface area contributed by atoms with Crippen molar-refractivity contribution in [1.29, 1.82) is 0 Å². The number of halogens is 1. The molecule has 0 radical (unpaired) electrons. The molecule has 3 rings (SSSR count). The summed E-state index contributed by atoms with van der Waals surface area (Å²) in [5.74, 6) is 0.490. The van der Waals surface area contributed by atoms with E-state index < -0.39 is 0 Å². The number of aromatic nitrogens is 2. The zero-order chi connectivity index (χ0) is 17.3. The van der Waals surface area contributed by atoms with Gasteiger partial charge in [0.2, 0.25) is 5.91 Å². The zero-order valence-electron chi connectivity index (χ0n) is 13.8. The Kier molecular flexibility index (Phi) is 4.71. The molecular weight excluding hydrogens is 326 g/mol. The number of aromatic amines is 1. The minimum atomic E-state index is -0.171. The lowest BCUT2D eigenvalue weighted by Gasteiger charge is -2.23. The maximum atomic E-state index is 12.5. The first-order chi connectivity index (χ1) is 11.5. The fourth-order valence-electron chi connectivity index (χ4n) is 3.14. The predicted octanol–water partition coefficient (Wildman–Crippen LogP) is 3.68. The molecule has 0 spiro atoms. The number of hydrogen-bond acceptors (Lipinski definition) is 3. The van der Waals surface area contributed by atoms with Gasteiger partial charge in [-0.15, -0.1) is 0 Å². The largest absolute Gasteiger partial charge is 0.330 e. The molecule has 1 unspecified atom stereocenters. The van der Waals surface area contributed by atoms with Crippen molar-refractivity contribution in [3.05, 3.63) is 50.9 Å². The molecule has 0 saturated heterocycles. The number of rotatable bonds is 4. The highest BCUT2D eigenvalue weighted by molar-refractivity contribution is 6.30. The Bertz CT molecular complexity index is 814. The van der Waals surface area contributed by atoms with Gasteiger partial charge in [-0.25, -0.2) is 4.98 Å². The van der Waals surface area contributed by atoms with E-state index in [0.29, 0.717) is 23.0 Å². The lowest BCUT2D eigenvalue weighted by Crippen LogP contribution is -2.27. The third-order valence-electron chi connectivity index (χ3n) is 4.42. The van der Waals surface area contributed by atoms with Crippen LogP contribution in [0.5, 0.6) is 0 Å². The van der Waals surface area contributed by atoms with Crippen molar-refractivity contribution in [2.24, 2.45) is 0 Å². The van der Waals surface area contributed by atoms with E-state index in [1.165, 1.54) is 0 Å². The maximum absolute atomic E-state index is 12.5. The van der Waals surface area contributed by atoms with Gasteiger partial charge in [0.05, 0.1) is 23.8 Å². The van der Waals surface area contributed by atoms with Crippen LogP contribution in [0.25, 0.3) is 11.4 Å². The molecule has 1 aliphatic heterocycles. The van der Waals surface area contributed by atoms with Gasteiger partial charge in [0.25, 0.3) is 5.56 Å². The number of nitrogens with one attached hydrogen (secondary N) is 1. The first kappa shape index (κ1) is 16.7. The van der Waals surface area contributed by atoms with Gasteiger partial charge in [0.1, 0.15) is 5.82 Å². The number of fused-ring (bicyclic) bond motifs is 1. The SMILES string of the molecule is CCCCC1c2nc(-c3ccc(Cl)cc3)[nH]c(=O)c2CN1C(C)=O. The van der Waals surface area contributed by atoms with Crippen molar-refractivity contribution in [1.82, 2.24) is 14.9 Å². The maximum Gasteiger partial charge on any atom is 0.256 e. The van der Waals surface area contributed by atoms with E-state index in [-0.39, 0.29) is 17.5 Å². The molecule has 1 atom stereocenters. The van der Waals surface area contributed by atoms with Gasteiger partial charge >= 0.3 is 0 Å². The van der Waals surface area contributed by atoms with Crippen molar-refractivity contribution in [3.63, 3.8) is 0 Å². The van der Waals surface area contributed by atoms with Crippen LogP contribution in [0.15, 0.2) is 29.1 Å². The molecule has 0 bridgehead atoms. The zero-order valence-corrected chi connectivity index (χ0v) is 14.6. The fraction of sp³-hybridized carbons (Fsp3) is 0.389. The first-order valence-corrected chi connectivity index (χ1v) is 8.55. The molecular formula is C18H20ClN3O2. The van der Waals surface area contributed by atoms with E-state index in [2.05, 4.69) is 16.9 Å². The molecule has 1 amide bonds. The highest BCUT2D eigenvalue weighted by Crippen LogP contribution is 2.35. The molecule has 0 saturated carbocycles. The van der Waals surface area contributed by atoms with Crippen molar-refractivity contribution in [2.75, 3.05) is 0 Å². The molecule has 126 valence electrons. The monoisotopic (exact) mass is 345 g/mol. The van der Waals surface area contributed by atoms with Gasteiger partial charge in [-0.05, 0) is 30.7 Å². The number of H-pyrrole nitrogens is 1. The van der Waals surface area contributed by atoms with Crippen LogP contribution in [-0.2, 0) is 11.3 Å². The summed E-state index contributed by atoms with van der Waals surface area (Å²) in [7, 11) is 0. The van der Waals surface area contributed by atoms with Gasteiger partial charge < -0.3 is 9.88 Å². The summed E-state index contributed by atoms with van der Waals surface area (Å²) in [6, 6.07) is 7.06. The summed E-state index contributed by atoms with van der Waals surface area (Å²) in [5, 5.41) is 0.630. The summed E-state index contributed by atoms with van der Waals surface area (Å²) in [6.07, 6.45) is 2.84. The van der Waals surface area contributed by atoms with E-state index in [1.807, 2.05) is 12.1 Å². The molecule has 24 heavy (non-hydrogen) atoms. The minimum absolute atomic E-state index is 0.0263. The van der Waals surface area contributed by atoms with E-state index in [4.69, 9.17) is 11.6 Å². The summed E-state index contributed by atoms with van der Waals surface area (Å²) in [4.78, 5) is 33.7. The standard InChI is InChI=1S/C18H20ClN3O2/c1-3-4-5-15-16-14(10-22(15)11(2)23)18(24)21-17(20-16)12-6-8-13(19)9-7-12/h6-9,15H,3-5,10H2,1-2H3,(H,20,21,24). The number of unbranched alkanes of at least 4 members (excludes halogenated alkanes) is 1. The van der Waals surface area contributed by atoms with Crippen LogP contribution in [0.4, 0.5) is 0 Å². The molecule has 0 aliphatic carbocycles. The lowest BCUT2D eigenvalue weighted by molar-refractivity contribution is -0.131. The average molecular weight is 346 g/mol. The van der Waals surface area contributed by atoms with Crippen LogP contribution in [0.2, 0.25) is 5.02 Å². The molecule has 1 aromatic heterocycles. The normalized spacial score (nSPS) is 16.3. The Labute approximate surface area is 145 Å². The van der Waals surface area contributed by atoms with Gasteiger partial charge in [-0.1, -0.05) is 31.4 Å². The predicted molar refractivity (Wildman–Crippen MR) is 93.8 cm³/mol. The number of hydrogen-bond donors (Lipinski definition) is 1. The van der Waals surface area contributed by atoms with Gasteiger partial charge in [0.15, 0.2) is 0 Å². The first-order valence-electron chi connectivity index (χ1n) is 8.17. The van der Waals surface area contributed by atoms with Crippen molar-refractivity contribution in [3.8, 4) is 11.4 Å². The second-order valence-electron chi connectivity index (χ2n) is 6.09. The van der Waals surface area contributed by atoms with E-state index in [1.54, 1.807) is 24.0 Å². The van der Waals surface area contributed by atoms with Crippen LogP contribution in [0.3, 0.4) is 0 Å². The van der Waals surface area contributed by atoms with E-state index in [0.717, 1.165) is 30.5 Å². The Morgan fingerprint density at radius 1 is 1.38 bits per heavy atom. The topological polar surface area (TPSA) is 66.1 Å². The second kappa shape index (κ2) is 6.77. The van der Waals surface area contributed by atoms with Gasteiger partial charge in [-0.2, -0.15) is 0 Å². The Balaban J connectivity index is 2.06. The Morgan fingerprint density at radius 3 is 2.71 bits per heavy atom. The quantitative estimate of drug-likeness (QED) is 0.919. The van der Waals surface area contributed by atoms with Crippen LogP contribution >= 0.6 is 11.6 Å². The summed E-state index contributed by atoms with van der Waals surface area (Å²) in [6.45, 7) is 3.99. The highest BCUT2D eigenvalue weighted by Gasteiger charge is 2.35. The number of amides is 1. The Hall–Kier alpha value is -2.14. The molecule has 1 aromatic carbocycles. The van der Waals surface area contributed by atoms with Gasteiger partial charge in [-0.3, -0.25) is 9.59 Å². The third kappa shape index (κ3) is 3.08. The molecule has 1 aliphatic rings. The molecule has 1 N–H and O–H groups in total. The molecule has 0 fully saturated rings. The number of carbonyl (C=O) groups is 1. The molecule has 2 aromatic rings. The number of nitrogens with zero attached hydrogens (tertiary/aromatic N) is 2. The van der Waals surface area contributed by atoms with Gasteiger partial charge in [0, 0.05) is 17.5 Å². The third-order valence-corrected chi connectivity index (χ3v) is 4.67. The van der Waals surface area contributed by atoms with Crippen LogP contribution in [-0.4, -0.2) is 20.8 Å². The lowest BCUT2D eigenvalue weighted by atomic mass is 10.1. The molecule has 5 nitrogen and oxygen atoms in total. The van der Waals surface area contributed by atoms with Crippen molar-refractivity contribution in [2.45, 2.75) is 45.7 Å². The van der Waals surface area contributed by atoms with Crippen LogP contribution < -0.4 is 5.56 Å². The van der Waals surface area contributed by atoms with Crippen molar-refractivity contribution >= 4 is 17.5 Å². The second-order valence-corrected chi connectivity index (χ2v) is 6.53. The van der Waals surface area contributed by atoms with E-state index in [9.17, 15) is 9.59 Å². The van der Waals surface area contributed by atoms with Crippen molar-refractivity contribution < 1.29 is 4.79 Å². The summed E-state index contributed by atoms with van der Waals surface area (Å²) < 4.78 is 0.